The van der Waals surface area contributed by atoms with Gasteiger partial charge in [0.2, 0.25) is 0 Å². The molecule has 1 atom stereocenters. The number of rotatable bonds is 6. The number of benzene rings is 1. The maximum absolute atomic E-state index is 9.13. The molecule has 1 aromatic carbocycles. The first-order valence-electron chi connectivity index (χ1n) is 5.45. The fourth-order valence-electron chi connectivity index (χ4n) is 1.45. The van der Waals surface area contributed by atoms with Crippen LogP contribution in [0.25, 0.3) is 0 Å². The van der Waals surface area contributed by atoms with Crippen molar-refractivity contribution in [1.29, 1.82) is 0 Å². The largest absolute Gasteiger partial charge is 0.494 e. The first kappa shape index (κ1) is 15.0. The summed E-state index contributed by atoms with van der Waals surface area (Å²) in [6.07, 6.45) is 0.509. The molecule has 2 N–H and O–H groups in total. The number of methoxy groups -OCH3 is 1. The van der Waals surface area contributed by atoms with Crippen molar-refractivity contribution in [3.63, 3.8) is 0 Å². The number of hydrogen-bond acceptors (Lipinski definition) is 3. The van der Waals surface area contributed by atoms with Gasteiger partial charge in [0.05, 0.1) is 22.2 Å². The predicted octanol–water partition coefficient (Wildman–Crippen LogP) is 3.08. The maximum Gasteiger partial charge on any atom is 0.147 e. The van der Waals surface area contributed by atoms with E-state index in [1.807, 2.05) is 12.1 Å². The zero-order valence-electron chi connectivity index (χ0n) is 9.96. The van der Waals surface area contributed by atoms with E-state index < -0.39 is 0 Å². The van der Waals surface area contributed by atoms with Gasteiger partial charge in [-0.2, -0.15) is 0 Å². The molecule has 0 aromatic heterocycles. The van der Waals surface area contributed by atoms with Gasteiger partial charge in [0.25, 0.3) is 0 Å². The van der Waals surface area contributed by atoms with Crippen LogP contribution >= 0.6 is 31.9 Å². The fourth-order valence-corrected chi connectivity index (χ4v) is 3.06. The van der Waals surface area contributed by atoms with Crippen molar-refractivity contribution in [3.8, 4) is 5.75 Å². The molecule has 17 heavy (non-hydrogen) atoms. The van der Waals surface area contributed by atoms with E-state index in [2.05, 4.69) is 37.2 Å². The van der Waals surface area contributed by atoms with Gasteiger partial charge >= 0.3 is 0 Å². The van der Waals surface area contributed by atoms with Crippen LogP contribution in [0.15, 0.2) is 21.1 Å². The summed E-state index contributed by atoms with van der Waals surface area (Å²) in [5, 5.41) is 12.4. The second kappa shape index (κ2) is 7.36. The summed E-state index contributed by atoms with van der Waals surface area (Å²) in [6.45, 7) is 3.37. The average Bonchev–Trinajstić information content (AvgIpc) is 2.24. The predicted molar refractivity (Wildman–Crippen MR) is 76.4 cm³/mol. The van der Waals surface area contributed by atoms with E-state index in [4.69, 9.17) is 9.84 Å². The summed E-state index contributed by atoms with van der Waals surface area (Å²) in [6, 6.07) is 4.05. The lowest BCUT2D eigenvalue weighted by Crippen LogP contribution is -2.18. The Labute approximate surface area is 119 Å². The van der Waals surface area contributed by atoms with Crippen LogP contribution in [-0.4, -0.2) is 24.9 Å². The van der Waals surface area contributed by atoms with Crippen LogP contribution in [0.5, 0.6) is 5.75 Å². The topological polar surface area (TPSA) is 41.5 Å². The first-order valence-corrected chi connectivity index (χ1v) is 7.04. The molecule has 1 rings (SSSR count). The van der Waals surface area contributed by atoms with E-state index in [0.29, 0.717) is 0 Å². The van der Waals surface area contributed by atoms with Gasteiger partial charge in [-0.3, -0.25) is 0 Å². The lowest BCUT2D eigenvalue weighted by Gasteiger charge is -2.10. The lowest BCUT2D eigenvalue weighted by molar-refractivity contribution is 0.183. The third kappa shape index (κ3) is 4.95. The minimum absolute atomic E-state index is 0.253. The zero-order valence-corrected chi connectivity index (χ0v) is 13.1. The van der Waals surface area contributed by atoms with E-state index in [0.717, 1.165) is 39.8 Å². The Kier molecular flexibility index (Phi) is 6.48. The molecule has 1 unspecified atom stereocenters. The van der Waals surface area contributed by atoms with E-state index in [-0.39, 0.29) is 6.10 Å². The highest BCUT2D eigenvalue weighted by Gasteiger charge is 2.07. The van der Waals surface area contributed by atoms with E-state index in [9.17, 15) is 0 Å². The third-order valence-electron chi connectivity index (χ3n) is 2.33. The molecule has 96 valence electrons. The molecule has 0 fully saturated rings. The Morgan fingerprint density at radius 2 is 1.94 bits per heavy atom. The van der Waals surface area contributed by atoms with Crippen molar-refractivity contribution in [2.75, 3.05) is 13.7 Å². The standard InChI is InChI=1S/C12H17Br2NO2/c1-8(16)3-4-15-7-9-5-10(13)12(17-2)11(14)6-9/h5-6,8,15-16H,3-4,7H2,1-2H3. The Balaban J connectivity index is 2.55. The van der Waals surface area contributed by atoms with Crippen LogP contribution < -0.4 is 10.1 Å². The molecule has 0 heterocycles. The molecule has 0 saturated carbocycles. The minimum atomic E-state index is -0.253. The van der Waals surface area contributed by atoms with Crippen molar-refractivity contribution in [2.24, 2.45) is 0 Å². The van der Waals surface area contributed by atoms with Crippen molar-refractivity contribution >= 4 is 31.9 Å². The second-order valence-electron chi connectivity index (χ2n) is 3.91. The van der Waals surface area contributed by atoms with Crippen LogP contribution in [0.2, 0.25) is 0 Å². The average molecular weight is 367 g/mol. The van der Waals surface area contributed by atoms with E-state index in [1.165, 1.54) is 0 Å². The molecular weight excluding hydrogens is 350 g/mol. The number of nitrogens with one attached hydrogen (secondary N) is 1. The molecule has 0 aliphatic heterocycles. The molecule has 0 bridgehead atoms. The summed E-state index contributed by atoms with van der Waals surface area (Å²) in [7, 11) is 1.64. The summed E-state index contributed by atoms with van der Waals surface area (Å²) in [5.41, 5.74) is 1.16. The monoisotopic (exact) mass is 365 g/mol. The summed E-state index contributed by atoms with van der Waals surface area (Å²) >= 11 is 6.94. The quantitative estimate of drug-likeness (QED) is 0.760. The number of ether oxygens (including phenoxy) is 1. The van der Waals surface area contributed by atoms with Gasteiger partial charge in [0, 0.05) is 6.54 Å². The van der Waals surface area contributed by atoms with E-state index in [1.54, 1.807) is 14.0 Å². The molecular formula is C12H17Br2NO2. The molecule has 0 aliphatic rings. The molecule has 3 nitrogen and oxygen atoms in total. The Bertz CT molecular complexity index is 347. The highest BCUT2D eigenvalue weighted by Crippen LogP contribution is 2.34. The van der Waals surface area contributed by atoms with Crippen LogP contribution in [0.4, 0.5) is 0 Å². The number of aliphatic hydroxyl groups is 1. The molecule has 0 amide bonds. The first-order chi connectivity index (χ1) is 8.04. The molecule has 5 heteroatoms. The number of hydrogen-bond donors (Lipinski definition) is 2. The smallest absolute Gasteiger partial charge is 0.147 e. The van der Waals surface area contributed by atoms with E-state index >= 15 is 0 Å². The van der Waals surface area contributed by atoms with Crippen LogP contribution in [0, 0.1) is 0 Å². The normalized spacial score (nSPS) is 12.5. The summed E-state index contributed by atoms with van der Waals surface area (Å²) in [4.78, 5) is 0. The maximum atomic E-state index is 9.13. The molecule has 0 spiro atoms. The van der Waals surface area contributed by atoms with Crippen LogP contribution in [0.1, 0.15) is 18.9 Å². The highest BCUT2D eigenvalue weighted by atomic mass is 79.9. The van der Waals surface area contributed by atoms with Crippen molar-refractivity contribution in [1.82, 2.24) is 5.32 Å². The van der Waals surface area contributed by atoms with Crippen molar-refractivity contribution < 1.29 is 9.84 Å². The Morgan fingerprint density at radius 3 is 2.41 bits per heavy atom. The summed E-state index contributed by atoms with van der Waals surface area (Å²) < 4.78 is 7.10. The number of aliphatic hydroxyl groups excluding tert-OH is 1. The van der Waals surface area contributed by atoms with Gasteiger partial charge in [-0.05, 0) is 69.4 Å². The van der Waals surface area contributed by atoms with Gasteiger partial charge in [0.15, 0.2) is 0 Å². The van der Waals surface area contributed by atoms with Crippen LogP contribution in [0.3, 0.4) is 0 Å². The van der Waals surface area contributed by atoms with Crippen molar-refractivity contribution in [3.05, 3.63) is 26.6 Å². The molecule has 0 radical (unpaired) electrons. The molecule has 0 aliphatic carbocycles. The number of halogens is 2. The van der Waals surface area contributed by atoms with Crippen LogP contribution in [-0.2, 0) is 6.54 Å². The summed E-state index contributed by atoms with van der Waals surface area (Å²) in [5.74, 6) is 0.803. The van der Waals surface area contributed by atoms with Gasteiger partial charge < -0.3 is 15.2 Å². The third-order valence-corrected chi connectivity index (χ3v) is 3.51. The SMILES string of the molecule is COc1c(Br)cc(CNCCC(C)O)cc1Br. The minimum Gasteiger partial charge on any atom is -0.494 e. The van der Waals surface area contributed by atoms with Gasteiger partial charge in [-0.15, -0.1) is 0 Å². The Hall–Kier alpha value is -0.100. The zero-order chi connectivity index (χ0) is 12.8. The Morgan fingerprint density at radius 1 is 1.35 bits per heavy atom. The second-order valence-corrected chi connectivity index (χ2v) is 5.62. The van der Waals surface area contributed by atoms with Crippen molar-refractivity contribution in [2.45, 2.75) is 26.0 Å². The molecule has 1 aromatic rings. The van der Waals surface area contributed by atoms with Gasteiger partial charge in [-0.1, -0.05) is 0 Å². The highest BCUT2D eigenvalue weighted by molar-refractivity contribution is 9.11. The molecule has 0 saturated heterocycles. The fraction of sp³-hybridized carbons (Fsp3) is 0.500. The lowest BCUT2D eigenvalue weighted by atomic mass is 10.2. The van der Waals surface area contributed by atoms with Gasteiger partial charge in [0.1, 0.15) is 5.75 Å². The van der Waals surface area contributed by atoms with Gasteiger partial charge in [-0.25, -0.2) is 0 Å².